The van der Waals surface area contributed by atoms with Crippen LogP contribution in [0.25, 0.3) is 0 Å². The molecular weight excluding hydrogens is 664 g/mol. The first kappa shape index (κ1) is 40.7. The average Bonchev–Trinajstić information content (AvgIpc) is 3.10. The average molecular weight is 715 g/mol. The van der Waals surface area contributed by atoms with E-state index in [2.05, 4.69) is 26.6 Å². The molecule has 0 aliphatic rings. The minimum atomic E-state index is -1.17. The van der Waals surface area contributed by atoms with Crippen LogP contribution >= 0.6 is 0 Å². The molecule has 0 heterocycles. The van der Waals surface area contributed by atoms with Gasteiger partial charge in [0, 0.05) is 18.4 Å². The molecule has 0 saturated heterocycles. The van der Waals surface area contributed by atoms with Crippen LogP contribution in [-0.4, -0.2) is 70.8 Å². The van der Waals surface area contributed by atoms with Crippen LogP contribution in [0.2, 0.25) is 0 Å². The molecule has 0 bridgehead atoms. The Bertz CT molecular complexity index is 1670. The van der Waals surface area contributed by atoms with Crippen LogP contribution in [-0.2, 0) is 36.8 Å². The number of rotatable bonds is 18. The largest absolute Gasteiger partial charge is 0.508 e. The predicted octanol–water partition coefficient (Wildman–Crippen LogP) is 2.12. The molecule has 0 aliphatic carbocycles. The quantitative estimate of drug-likeness (QED) is 0.104. The molecule has 3 rings (SSSR count). The predicted molar refractivity (Wildman–Crippen MR) is 197 cm³/mol. The van der Waals surface area contributed by atoms with Crippen molar-refractivity contribution in [2.45, 2.75) is 84.1 Å². The van der Waals surface area contributed by atoms with Crippen molar-refractivity contribution in [1.82, 2.24) is 26.6 Å². The lowest BCUT2D eigenvalue weighted by atomic mass is 9.98. The molecule has 3 aromatic carbocycles. The van der Waals surface area contributed by atoms with Gasteiger partial charge in [-0.15, -0.1) is 0 Å². The Morgan fingerprint density at radius 2 is 1.04 bits per heavy atom. The number of nitrogens with two attached hydrogens (primary N) is 1. The lowest BCUT2D eigenvalue weighted by Crippen LogP contribution is -2.60. The molecule has 6 amide bonds. The van der Waals surface area contributed by atoms with Crippen molar-refractivity contribution in [3.8, 4) is 5.75 Å². The van der Waals surface area contributed by atoms with E-state index >= 15 is 0 Å². The SMILES string of the molecule is CC(C)C[C@@H](NC(=O)c1ccc(O)cc1)C(=O)N[C@@H](C(=O)N[C@H](Cc1ccccc1)C(=O)N[C@H](Cc1ccccc1)C(=O)N[C@H](C)C(N)=O)C(C)C. The van der Waals surface area contributed by atoms with Crippen LogP contribution in [0.3, 0.4) is 0 Å². The van der Waals surface area contributed by atoms with Crippen LogP contribution in [0.4, 0.5) is 0 Å². The summed E-state index contributed by atoms with van der Waals surface area (Å²) in [6.07, 6.45) is 0.432. The molecule has 0 saturated carbocycles. The van der Waals surface area contributed by atoms with E-state index in [4.69, 9.17) is 5.73 Å². The number of amides is 6. The standard InChI is InChI=1S/C39H50N6O7/c1-23(2)20-30(42-35(48)28-16-18-29(46)19-17-28)38(51)45-33(24(3)4)39(52)44-32(22-27-14-10-7-11-15-27)37(50)43-31(21-26-12-8-6-9-13-26)36(49)41-25(5)34(40)47/h6-19,23-25,30-33,46H,20-22H2,1-5H3,(H2,40,47)(H,41,49)(H,42,48)(H,43,50)(H,44,52)(H,45,51)/t25-,30-,31-,32-,33-/m1/s1. The number of nitrogens with one attached hydrogen (secondary N) is 5. The normalized spacial score (nSPS) is 13.9. The zero-order valence-corrected chi connectivity index (χ0v) is 30.2. The van der Waals surface area contributed by atoms with Crippen molar-refractivity contribution in [1.29, 1.82) is 0 Å². The number of phenols is 1. The molecule has 13 nitrogen and oxygen atoms in total. The zero-order valence-electron chi connectivity index (χ0n) is 30.2. The van der Waals surface area contributed by atoms with Crippen molar-refractivity contribution >= 4 is 35.4 Å². The van der Waals surface area contributed by atoms with Crippen LogP contribution in [0.15, 0.2) is 84.9 Å². The minimum absolute atomic E-state index is 0.00753. The van der Waals surface area contributed by atoms with Gasteiger partial charge in [-0.25, -0.2) is 0 Å². The van der Waals surface area contributed by atoms with Gasteiger partial charge in [-0.1, -0.05) is 88.4 Å². The first-order valence-electron chi connectivity index (χ1n) is 17.3. The van der Waals surface area contributed by atoms with E-state index in [1.54, 1.807) is 62.4 Å². The molecule has 0 fully saturated rings. The van der Waals surface area contributed by atoms with Gasteiger partial charge < -0.3 is 37.4 Å². The van der Waals surface area contributed by atoms with Crippen molar-refractivity contribution < 1.29 is 33.9 Å². The highest BCUT2D eigenvalue weighted by Gasteiger charge is 2.33. The smallest absolute Gasteiger partial charge is 0.251 e. The van der Waals surface area contributed by atoms with Crippen LogP contribution in [0.5, 0.6) is 5.75 Å². The number of carbonyl (C=O) groups is 6. The lowest BCUT2D eigenvalue weighted by molar-refractivity contribution is -0.135. The number of primary amides is 1. The molecule has 8 N–H and O–H groups in total. The number of hydrogen-bond acceptors (Lipinski definition) is 7. The molecule has 278 valence electrons. The second kappa shape index (κ2) is 19.6. The third-order valence-electron chi connectivity index (χ3n) is 8.32. The van der Waals surface area contributed by atoms with Gasteiger partial charge in [0.1, 0.15) is 36.0 Å². The molecule has 0 unspecified atom stereocenters. The van der Waals surface area contributed by atoms with Gasteiger partial charge in [-0.2, -0.15) is 0 Å². The third kappa shape index (κ3) is 12.9. The van der Waals surface area contributed by atoms with Crippen molar-refractivity contribution in [3.63, 3.8) is 0 Å². The summed E-state index contributed by atoms with van der Waals surface area (Å²) >= 11 is 0. The van der Waals surface area contributed by atoms with Crippen LogP contribution < -0.4 is 32.3 Å². The van der Waals surface area contributed by atoms with Gasteiger partial charge in [-0.3, -0.25) is 28.8 Å². The monoisotopic (exact) mass is 714 g/mol. The van der Waals surface area contributed by atoms with Crippen LogP contribution in [0, 0.1) is 11.8 Å². The van der Waals surface area contributed by atoms with E-state index < -0.39 is 71.6 Å². The summed E-state index contributed by atoms with van der Waals surface area (Å²) in [7, 11) is 0. The molecule has 3 aromatic rings. The first-order chi connectivity index (χ1) is 24.6. The van der Waals surface area contributed by atoms with Gasteiger partial charge in [0.05, 0.1) is 0 Å². The summed E-state index contributed by atoms with van der Waals surface area (Å²) in [5, 5.41) is 23.2. The zero-order chi connectivity index (χ0) is 38.4. The molecule has 5 atom stereocenters. The van der Waals surface area contributed by atoms with Gasteiger partial charge >= 0.3 is 0 Å². The van der Waals surface area contributed by atoms with Gasteiger partial charge in [0.15, 0.2) is 0 Å². The molecule has 0 aliphatic heterocycles. The summed E-state index contributed by atoms with van der Waals surface area (Å²) in [5.74, 6) is -4.21. The van der Waals surface area contributed by atoms with E-state index in [1.165, 1.54) is 31.2 Å². The van der Waals surface area contributed by atoms with E-state index in [9.17, 15) is 33.9 Å². The fourth-order valence-corrected chi connectivity index (χ4v) is 5.38. The van der Waals surface area contributed by atoms with Crippen LogP contribution in [0.1, 0.15) is 62.5 Å². The molecule has 0 radical (unpaired) electrons. The summed E-state index contributed by atoms with van der Waals surface area (Å²) in [6.45, 7) is 8.70. The maximum absolute atomic E-state index is 14.0. The minimum Gasteiger partial charge on any atom is -0.508 e. The molecule has 0 aromatic heterocycles. The number of hydrogen-bond donors (Lipinski definition) is 7. The second-order valence-corrected chi connectivity index (χ2v) is 13.6. The Morgan fingerprint density at radius 1 is 0.577 bits per heavy atom. The van der Waals surface area contributed by atoms with Crippen molar-refractivity contribution in [3.05, 3.63) is 102 Å². The Labute approximate surface area is 304 Å². The summed E-state index contributed by atoms with van der Waals surface area (Å²) in [6, 6.07) is 18.2. The van der Waals surface area contributed by atoms with E-state index in [-0.39, 0.29) is 36.5 Å². The number of phenolic OH excluding ortho intramolecular Hbond substituents is 1. The lowest BCUT2D eigenvalue weighted by Gasteiger charge is -2.28. The fraction of sp³-hybridized carbons (Fsp3) is 0.385. The Balaban J connectivity index is 1.85. The fourth-order valence-electron chi connectivity index (χ4n) is 5.38. The van der Waals surface area contributed by atoms with Gasteiger partial charge in [0.25, 0.3) is 5.91 Å². The summed E-state index contributed by atoms with van der Waals surface area (Å²) in [4.78, 5) is 79.6. The van der Waals surface area contributed by atoms with Gasteiger partial charge in [0.2, 0.25) is 29.5 Å². The highest BCUT2D eigenvalue weighted by Crippen LogP contribution is 2.13. The molecule has 52 heavy (non-hydrogen) atoms. The summed E-state index contributed by atoms with van der Waals surface area (Å²) in [5.41, 5.74) is 7.09. The van der Waals surface area contributed by atoms with Crippen molar-refractivity contribution in [2.75, 3.05) is 0 Å². The molecule has 13 heteroatoms. The second-order valence-electron chi connectivity index (χ2n) is 13.6. The van der Waals surface area contributed by atoms with E-state index in [0.29, 0.717) is 0 Å². The first-order valence-corrected chi connectivity index (χ1v) is 17.3. The topological polar surface area (TPSA) is 209 Å². The number of benzene rings is 3. The maximum Gasteiger partial charge on any atom is 0.251 e. The van der Waals surface area contributed by atoms with E-state index in [0.717, 1.165) is 11.1 Å². The van der Waals surface area contributed by atoms with Crippen molar-refractivity contribution in [2.24, 2.45) is 17.6 Å². The third-order valence-corrected chi connectivity index (χ3v) is 8.32. The maximum atomic E-state index is 14.0. The molecule has 0 spiro atoms. The Morgan fingerprint density at radius 3 is 1.50 bits per heavy atom. The number of carbonyl (C=O) groups excluding carboxylic acids is 6. The van der Waals surface area contributed by atoms with E-state index in [1.807, 2.05) is 26.0 Å². The Kier molecular flexibility index (Phi) is 15.4. The Hall–Kier alpha value is -5.72. The highest BCUT2D eigenvalue weighted by molar-refractivity contribution is 5.99. The van der Waals surface area contributed by atoms with Gasteiger partial charge in [-0.05, 0) is 60.6 Å². The number of aromatic hydroxyl groups is 1. The highest BCUT2D eigenvalue weighted by atomic mass is 16.3. The molecular formula is C39H50N6O7. The summed E-state index contributed by atoms with van der Waals surface area (Å²) < 4.78 is 0.